The SMILES string of the molecule is COc1c(C)cnc(CC(=O)c2ccnc(C)n2)c1C. The van der Waals surface area contributed by atoms with Gasteiger partial charge in [-0.25, -0.2) is 9.97 Å². The third-order valence-electron chi connectivity index (χ3n) is 3.14. The number of pyridine rings is 1. The van der Waals surface area contributed by atoms with E-state index in [0.29, 0.717) is 17.2 Å². The second-order valence-electron chi connectivity index (χ2n) is 4.64. The van der Waals surface area contributed by atoms with Crippen molar-refractivity contribution in [1.82, 2.24) is 15.0 Å². The molecule has 0 unspecified atom stereocenters. The largest absolute Gasteiger partial charge is 0.496 e. The maximum Gasteiger partial charge on any atom is 0.187 e. The van der Waals surface area contributed by atoms with E-state index >= 15 is 0 Å². The monoisotopic (exact) mass is 271 g/mol. The average molecular weight is 271 g/mol. The molecule has 0 aliphatic carbocycles. The van der Waals surface area contributed by atoms with Gasteiger partial charge >= 0.3 is 0 Å². The number of carbonyl (C=O) groups is 1. The summed E-state index contributed by atoms with van der Waals surface area (Å²) < 4.78 is 5.35. The van der Waals surface area contributed by atoms with Crippen LogP contribution in [-0.2, 0) is 6.42 Å². The van der Waals surface area contributed by atoms with Gasteiger partial charge in [0.15, 0.2) is 5.78 Å². The van der Waals surface area contributed by atoms with Crippen LogP contribution in [0, 0.1) is 20.8 Å². The molecule has 0 radical (unpaired) electrons. The van der Waals surface area contributed by atoms with Crippen molar-refractivity contribution < 1.29 is 9.53 Å². The standard InChI is InChI=1S/C15H17N3O2/c1-9-8-17-13(10(2)15(9)20-4)7-14(19)12-5-6-16-11(3)18-12/h5-6,8H,7H2,1-4H3. The first-order valence-corrected chi connectivity index (χ1v) is 6.35. The zero-order valence-electron chi connectivity index (χ0n) is 12.1. The van der Waals surface area contributed by atoms with Crippen LogP contribution in [0.2, 0.25) is 0 Å². The van der Waals surface area contributed by atoms with E-state index in [1.54, 1.807) is 32.5 Å². The van der Waals surface area contributed by atoms with Crippen molar-refractivity contribution in [2.24, 2.45) is 0 Å². The summed E-state index contributed by atoms with van der Waals surface area (Å²) in [5.41, 5.74) is 2.98. The maximum atomic E-state index is 12.2. The minimum atomic E-state index is -0.0722. The number of methoxy groups -OCH3 is 1. The topological polar surface area (TPSA) is 65.0 Å². The smallest absolute Gasteiger partial charge is 0.187 e. The van der Waals surface area contributed by atoms with E-state index in [2.05, 4.69) is 15.0 Å². The zero-order valence-corrected chi connectivity index (χ0v) is 12.1. The fourth-order valence-electron chi connectivity index (χ4n) is 2.10. The van der Waals surface area contributed by atoms with E-state index in [0.717, 1.165) is 16.9 Å². The van der Waals surface area contributed by atoms with E-state index < -0.39 is 0 Å². The van der Waals surface area contributed by atoms with Crippen molar-refractivity contribution in [3.63, 3.8) is 0 Å². The third-order valence-corrected chi connectivity index (χ3v) is 3.14. The van der Waals surface area contributed by atoms with Gasteiger partial charge in [-0.05, 0) is 26.8 Å². The number of ketones is 1. The van der Waals surface area contributed by atoms with Gasteiger partial charge in [0, 0.05) is 23.5 Å². The lowest BCUT2D eigenvalue weighted by molar-refractivity contribution is 0.0986. The predicted octanol–water partition coefficient (Wildman–Crippen LogP) is 2.23. The Morgan fingerprint density at radius 2 is 2.00 bits per heavy atom. The molecule has 20 heavy (non-hydrogen) atoms. The van der Waals surface area contributed by atoms with Gasteiger partial charge in [-0.2, -0.15) is 0 Å². The first kappa shape index (κ1) is 14.1. The van der Waals surface area contributed by atoms with Crippen LogP contribution in [0.15, 0.2) is 18.5 Å². The van der Waals surface area contributed by atoms with Crippen molar-refractivity contribution in [1.29, 1.82) is 0 Å². The van der Waals surface area contributed by atoms with Crippen molar-refractivity contribution in [2.45, 2.75) is 27.2 Å². The summed E-state index contributed by atoms with van der Waals surface area (Å²) in [4.78, 5) is 24.7. The molecule has 0 aliphatic rings. The summed E-state index contributed by atoms with van der Waals surface area (Å²) in [5, 5.41) is 0. The summed E-state index contributed by atoms with van der Waals surface area (Å²) >= 11 is 0. The number of Topliss-reactive ketones (excluding diaryl/α,β-unsaturated/α-hetero) is 1. The Morgan fingerprint density at radius 1 is 1.25 bits per heavy atom. The van der Waals surface area contributed by atoms with E-state index in [4.69, 9.17) is 4.74 Å². The number of aromatic nitrogens is 3. The molecule has 0 saturated carbocycles. The van der Waals surface area contributed by atoms with Gasteiger partial charge in [-0.1, -0.05) is 0 Å². The second kappa shape index (κ2) is 5.77. The molecule has 0 aliphatic heterocycles. The van der Waals surface area contributed by atoms with E-state index in [9.17, 15) is 4.79 Å². The molecule has 0 aromatic carbocycles. The Kier molecular flexibility index (Phi) is 4.08. The molecule has 2 rings (SSSR count). The number of carbonyl (C=O) groups excluding carboxylic acids is 1. The van der Waals surface area contributed by atoms with E-state index in [-0.39, 0.29) is 12.2 Å². The molecular formula is C15H17N3O2. The lowest BCUT2D eigenvalue weighted by atomic mass is 10.1. The highest BCUT2D eigenvalue weighted by Gasteiger charge is 2.15. The lowest BCUT2D eigenvalue weighted by Crippen LogP contribution is -2.10. The molecule has 5 nitrogen and oxygen atoms in total. The number of ether oxygens (including phenoxy) is 1. The van der Waals surface area contributed by atoms with Gasteiger partial charge in [0.1, 0.15) is 17.3 Å². The molecule has 0 fully saturated rings. The van der Waals surface area contributed by atoms with Crippen LogP contribution >= 0.6 is 0 Å². The quantitative estimate of drug-likeness (QED) is 0.798. The van der Waals surface area contributed by atoms with Gasteiger partial charge in [0.2, 0.25) is 0 Å². The number of hydrogen-bond acceptors (Lipinski definition) is 5. The number of aryl methyl sites for hydroxylation is 2. The molecule has 0 N–H and O–H groups in total. The summed E-state index contributed by atoms with van der Waals surface area (Å²) in [6, 6.07) is 1.62. The molecule has 0 saturated heterocycles. The minimum absolute atomic E-state index is 0.0722. The van der Waals surface area contributed by atoms with E-state index in [1.165, 1.54) is 0 Å². The third kappa shape index (κ3) is 2.82. The molecule has 0 atom stereocenters. The molecule has 2 aromatic heterocycles. The first-order valence-electron chi connectivity index (χ1n) is 6.35. The summed E-state index contributed by atoms with van der Waals surface area (Å²) in [6.45, 7) is 5.60. The normalized spacial score (nSPS) is 10.4. The fraction of sp³-hybridized carbons (Fsp3) is 0.333. The van der Waals surface area contributed by atoms with Gasteiger partial charge in [0.05, 0.1) is 19.2 Å². The number of rotatable bonds is 4. The molecule has 2 heterocycles. The van der Waals surface area contributed by atoms with Crippen molar-refractivity contribution in [3.05, 3.63) is 46.8 Å². The number of hydrogen-bond donors (Lipinski definition) is 0. The average Bonchev–Trinajstić information content (AvgIpc) is 2.42. The Morgan fingerprint density at radius 3 is 2.65 bits per heavy atom. The molecule has 0 amide bonds. The highest BCUT2D eigenvalue weighted by molar-refractivity contribution is 5.95. The molecular weight excluding hydrogens is 254 g/mol. The molecule has 0 bridgehead atoms. The second-order valence-corrected chi connectivity index (χ2v) is 4.64. The highest BCUT2D eigenvalue weighted by atomic mass is 16.5. The lowest BCUT2D eigenvalue weighted by Gasteiger charge is -2.11. The Balaban J connectivity index is 2.29. The fourth-order valence-corrected chi connectivity index (χ4v) is 2.10. The molecule has 104 valence electrons. The number of nitrogens with zero attached hydrogens (tertiary/aromatic N) is 3. The summed E-state index contributed by atoms with van der Waals surface area (Å²) in [6.07, 6.45) is 3.52. The van der Waals surface area contributed by atoms with Crippen LogP contribution in [0.1, 0.15) is 33.1 Å². The van der Waals surface area contributed by atoms with Crippen LogP contribution in [0.5, 0.6) is 5.75 Å². The van der Waals surface area contributed by atoms with Gasteiger partial charge < -0.3 is 4.74 Å². The summed E-state index contributed by atoms with van der Waals surface area (Å²) in [7, 11) is 1.62. The predicted molar refractivity (Wildman–Crippen MR) is 75.1 cm³/mol. The summed E-state index contributed by atoms with van der Waals surface area (Å²) in [5.74, 6) is 1.29. The van der Waals surface area contributed by atoms with Gasteiger partial charge in [-0.15, -0.1) is 0 Å². The van der Waals surface area contributed by atoms with Crippen LogP contribution < -0.4 is 4.74 Å². The Labute approximate surface area is 118 Å². The van der Waals surface area contributed by atoms with Crippen molar-refractivity contribution in [3.8, 4) is 5.75 Å². The van der Waals surface area contributed by atoms with Gasteiger partial charge in [0.25, 0.3) is 0 Å². The van der Waals surface area contributed by atoms with Crippen LogP contribution in [0.3, 0.4) is 0 Å². The highest BCUT2D eigenvalue weighted by Crippen LogP contribution is 2.24. The first-order chi connectivity index (χ1) is 9.52. The maximum absolute atomic E-state index is 12.2. The molecule has 2 aromatic rings. The van der Waals surface area contributed by atoms with Crippen LogP contribution in [-0.4, -0.2) is 27.8 Å². The van der Waals surface area contributed by atoms with Crippen molar-refractivity contribution in [2.75, 3.05) is 7.11 Å². The van der Waals surface area contributed by atoms with E-state index in [1.807, 2.05) is 13.8 Å². The van der Waals surface area contributed by atoms with Gasteiger partial charge in [-0.3, -0.25) is 9.78 Å². The van der Waals surface area contributed by atoms with Crippen molar-refractivity contribution >= 4 is 5.78 Å². The minimum Gasteiger partial charge on any atom is -0.496 e. The van der Waals surface area contributed by atoms with Crippen LogP contribution in [0.4, 0.5) is 0 Å². The molecule has 5 heteroatoms. The molecule has 0 spiro atoms. The Bertz CT molecular complexity index is 654. The van der Waals surface area contributed by atoms with Crippen LogP contribution in [0.25, 0.3) is 0 Å². The Hall–Kier alpha value is -2.30. The zero-order chi connectivity index (χ0) is 14.7.